The highest BCUT2D eigenvalue weighted by atomic mass is 32.1. The van der Waals surface area contributed by atoms with Crippen LogP contribution in [0.5, 0.6) is 0 Å². The lowest BCUT2D eigenvalue weighted by Gasteiger charge is -2.53. The Morgan fingerprint density at radius 2 is 1.18 bits per heavy atom. The molecule has 0 aromatic carbocycles. The van der Waals surface area contributed by atoms with Crippen LogP contribution < -0.4 is 4.89 Å². The lowest BCUT2D eigenvalue weighted by atomic mass is 9.90. The summed E-state index contributed by atoms with van der Waals surface area (Å²) in [5.41, 5.74) is -0.713. The third kappa shape index (κ3) is 11.7. The zero-order chi connectivity index (χ0) is 30.7. The highest BCUT2D eigenvalue weighted by molar-refractivity contribution is 7.80. The summed E-state index contributed by atoms with van der Waals surface area (Å²) in [6.45, 7) is 25.4. The SMILES string of the molecule is COC(C)(C)C(C)(C)O[Si](O[Si](OCCOP(=O)([O-])OCCCCCCS)(C(C)C)C(C)C)(C(C)C)C(C)C. The van der Waals surface area contributed by atoms with Crippen molar-refractivity contribution in [2.24, 2.45) is 0 Å². The minimum absolute atomic E-state index is 0.0910. The van der Waals surface area contributed by atoms with E-state index in [9.17, 15) is 9.46 Å². The van der Waals surface area contributed by atoms with Gasteiger partial charge >= 0.3 is 17.1 Å². The maximum Gasteiger partial charge on any atom is 0.335 e. The molecule has 0 N–H and O–H groups in total. The van der Waals surface area contributed by atoms with Gasteiger partial charge in [-0.1, -0.05) is 68.2 Å². The van der Waals surface area contributed by atoms with Gasteiger partial charge in [0.1, 0.15) is 0 Å². The van der Waals surface area contributed by atoms with Crippen molar-refractivity contribution in [3.05, 3.63) is 0 Å². The number of thiol groups is 1. The number of rotatable bonds is 22. The summed E-state index contributed by atoms with van der Waals surface area (Å²) < 4.78 is 49.3. The average molecular weight is 632 g/mol. The van der Waals surface area contributed by atoms with E-state index in [1.54, 1.807) is 7.11 Å². The zero-order valence-corrected chi connectivity index (χ0v) is 30.9. The second kappa shape index (κ2) is 17.1. The first-order valence-corrected chi connectivity index (χ1v) is 20.6. The van der Waals surface area contributed by atoms with Crippen molar-refractivity contribution in [1.82, 2.24) is 0 Å². The van der Waals surface area contributed by atoms with Crippen molar-refractivity contribution in [2.75, 3.05) is 32.7 Å². The van der Waals surface area contributed by atoms with Crippen molar-refractivity contribution < 1.29 is 36.2 Å². The fourth-order valence-corrected chi connectivity index (χ4v) is 16.9. The van der Waals surface area contributed by atoms with Crippen LogP contribution in [0.15, 0.2) is 0 Å². The second-order valence-corrected chi connectivity index (χ2v) is 23.3. The second-order valence-electron chi connectivity index (χ2n) is 12.6. The summed E-state index contributed by atoms with van der Waals surface area (Å²) >= 11 is 4.19. The van der Waals surface area contributed by atoms with Gasteiger partial charge in [-0.25, -0.2) is 0 Å². The van der Waals surface area contributed by atoms with Gasteiger partial charge in [0.05, 0.1) is 31.0 Å². The summed E-state index contributed by atoms with van der Waals surface area (Å²) in [6, 6.07) is 0. The molecule has 1 atom stereocenters. The van der Waals surface area contributed by atoms with E-state index >= 15 is 0 Å². The van der Waals surface area contributed by atoms with Gasteiger partial charge in [-0.15, -0.1) is 0 Å². The molecule has 12 heteroatoms. The Morgan fingerprint density at radius 1 is 0.718 bits per heavy atom. The first kappa shape index (κ1) is 39.7. The molecule has 0 saturated carbocycles. The molecule has 0 bridgehead atoms. The van der Waals surface area contributed by atoms with E-state index in [-0.39, 0.29) is 42.0 Å². The van der Waals surface area contributed by atoms with Crippen LogP contribution in [0, 0.1) is 0 Å². The molecule has 0 aliphatic heterocycles. The third-order valence-electron chi connectivity index (χ3n) is 7.88. The molecule has 0 heterocycles. The van der Waals surface area contributed by atoms with Gasteiger partial charge in [-0.3, -0.25) is 4.57 Å². The highest BCUT2D eigenvalue weighted by Gasteiger charge is 2.59. The van der Waals surface area contributed by atoms with Crippen LogP contribution in [-0.4, -0.2) is 61.0 Å². The van der Waals surface area contributed by atoms with Gasteiger partial charge < -0.3 is 31.6 Å². The summed E-state index contributed by atoms with van der Waals surface area (Å²) in [5.74, 6) is 0.832. The van der Waals surface area contributed by atoms with E-state index < -0.39 is 36.1 Å². The number of hydrogen-bond acceptors (Lipinski definition) is 9. The first-order valence-electron chi connectivity index (χ1n) is 14.6. The molecule has 0 aliphatic rings. The number of unbranched alkanes of at least 4 members (excludes halogenated alkanes) is 3. The Labute approximate surface area is 248 Å². The number of phosphoric acid groups is 1. The zero-order valence-electron chi connectivity index (χ0n) is 27.1. The molecule has 236 valence electrons. The molecule has 0 aromatic heterocycles. The van der Waals surface area contributed by atoms with E-state index in [1.807, 2.05) is 13.8 Å². The summed E-state index contributed by atoms with van der Waals surface area (Å²) in [6.07, 6.45) is 3.58. The molecule has 39 heavy (non-hydrogen) atoms. The number of methoxy groups -OCH3 is 1. The molecule has 0 amide bonds. The van der Waals surface area contributed by atoms with E-state index in [1.165, 1.54) is 0 Å². The molecule has 0 aliphatic carbocycles. The van der Waals surface area contributed by atoms with Gasteiger partial charge in [0, 0.05) is 7.11 Å². The summed E-state index contributed by atoms with van der Waals surface area (Å²) in [4.78, 5) is 12.3. The number of phosphoric ester groups is 1. The quantitative estimate of drug-likeness (QED) is 0.0561. The summed E-state index contributed by atoms with van der Waals surface area (Å²) in [5, 5.41) is 0. The minimum Gasteiger partial charge on any atom is -0.756 e. The topological polar surface area (TPSA) is 95.5 Å². The molecule has 0 rings (SSSR count). The molecule has 0 fully saturated rings. The predicted octanol–water partition coefficient (Wildman–Crippen LogP) is 7.76. The van der Waals surface area contributed by atoms with Gasteiger partial charge in [-0.2, -0.15) is 12.6 Å². The van der Waals surface area contributed by atoms with Crippen LogP contribution >= 0.6 is 20.5 Å². The molecule has 1 unspecified atom stereocenters. The van der Waals surface area contributed by atoms with Crippen LogP contribution in [0.1, 0.15) is 109 Å². The van der Waals surface area contributed by atoms with Crippen molar-refractivity contribution in [2.45, 2.75) is 142 Å². The average Bonchev–Trinajstić information content (AvgIpc) is 2.81. The Kier molecular flexibility index (Phi) is 17.5. The monoisotopic (exact) mass is 631 g/mol. The van der Waals surface area contributed by atoms with Crippen molar-refractivity contribution in [3.8, 4) is 0 Å². The van der Waals surface area contributed by atoms with E-state index in [0.717, 1.165) is 25.0 Å². The van der Waals surface area contributed by atoms with Gasteiger partial charge in [0.2, 0.25) is 0 Å². The normalized spacial score (nSPS) is 15.7. The Morgan fingerprint density at radius 3 is 1.62 bits per heavy atom. The van der Waals surface area contributed by atoms with Gasteiger partial charge in [-0.05, 0) is 68.5 Å². The Balaban J connectivity index is 5.77. The van der Waals surface area contributed by atoms with Crippen molar-refractivity contribution in [1.29, 1.82) is 0 Å². The standard InChI is InChI=1S/C27H61O8PSSi2/c1-22(2)38(23(3)4,33-20-19-32-36(28,29)31-18-16-14-15-17-21-37)35-39(24(5)6,25(7)8)34-27(11,12)26(9,10)30-13/h22-25,37H,14-21H2,1-13H3,(H,28,29)/p-1. The van der Waals surface area contributed by atoms with Crippen molar-refractivity contribution in [3.63, 3.8) is 0 Å². The van der Waals surface area contributed by atoms with E-state index in [2.05, 4.69) is 81.9 Å². The number of ether oxygens (including phenoxy) is 1. The van der Waals surface area contributed by atoms with Crippen LogP contribution in [0.2, 0.25) is 22.2 Å². The lowest BCUT2D eigenvalue weighted by Crippen LogP contribution is -2.65. The van der Waals surface area contributed by atoms with Crippen molar-refractivity contribution >= 4 is 37.6 Å². The molecule has 8 nitrogen and oxygen atoms in total. The van der Waals surface area contributed by atoms with Crippen LogP contribution in [0.3, 0.4) is 0 Å². The fourth-order valence-electron chi connectivity index (χ4n) is 4.57. The molecule has 0 radical (unpaired) electrons. The Bertz CT molecular complexity index is 719. The summed E-state index contributed by atoms with van der Waals surface area (Å²) in [7, 11) is -8.57. The lowest BCUT2D eigenvalue weighted by molar-refractivity contribution is -0.226. The molecular formula is C27H60O8PSSi2-. The van der Waals surface area contributed by atoms with Gasteiger partial charge in [0.25, 0.3) is 7.82 Å². The van der Waals surface area contributed by atoms with Crippen LogP contribution in [0.25, 0.3) is 0 Å². The maximum atomic E-state index is 12.3. The van der Waals surface area contributed by atoms with Crippen LogP contribution in [0.4, 0.5) is 0 Å². The van der Waals surface area contributed by atoms with E-state index in [0.29, 0.717) is 6.42 Å². The fraction of sp³-hybridized carbons (Fsp3) is 1.00. The van der Waals surface area contributed by atoms with Gasteiger partial charge in [0.15, 0.2) is 0 Å². The van der Waals surface area contributed by atoms with E-state index in [4.69, 9.17) is 26.8 Å². The highest BCUT2D eigenvalue weighted by Crippen LogP contribution is 2.47. The molecule has 0 saturated heterocycles. The third-order valence-corrected chi connectivity index (χ3v) is 19.7. The largest absolute Gasteiger partial charge is 0.756 e. The number of hydrogen-bond donors (Lipinski definition) is 1. The molecule has 0 aromatic rings. The minimum atomic E-state index is -4.40. The maximum absolute atomic E-state index is 12.3. The first-order chi connectivity index (χ1) is 17.8. The molecule has 0 spiro atoms. The predicted molar refractivity (Wildman–Crippen MR) is 167 cm³/mol. The smallest absolute Gasteiger partial charge is 0.335 e. The Hall–Kier alpha value is 0.734. The van der Waals surface area contributed by atoms with Crippen LogP contribution in [-0.2, 0) is 31.3 Å². The molecular weight excluding hydrogens is 572 g/mol.